The zero-order chi connectivity index (χ0) is 15.6. The third-order valence-electron chi connectivity index (χ3n) is 2.73. The number of halogens is 3. The van der Waals surface area contributed by atoms with Gasteiger partial charge in [-0.3, -0.25) is 4.79 Å². The van der Waals surface area contributed by atoms with E-state index < -0.39 is 29.0 Å². The van der Waals surface area contributed by atoms with E-state index in [4.69, 9.17) is 4.74 Å². The number of amides is 1. The summed E-state index contributed by atoms with van der Waals surface area (Å²) in [6.07, 6.45) is 0. The summed E-state index contributed by atoms with van der Waals surface area (Å²) in [5.74, 6) is -5.54. The predicted molar refractivity (Wildman–Crippen MR) is 68.9 cm³/mol. The number of carbonyl (C=O) groups excluding carboxylic acids is 1. The van der Waals surface area contributed by atoms with Crippen molar-refractivity contribution < 1.29 is 27.8 Å². The van der Waals surface area contributed by atoms with Crippen molar-refractivity contribution >= 4 is 11.6 Å². The number of phenolic OH excluding ortho intramolecular Hbond substituents is 1. The van der Waals surface area contributed by atoms with E-state index in [1.54, 1.807) is 0 Å². The molecule has 0 heterocycles. The Morgan fingerprint density at radius 3 is 2.52 bits per heavy atom. The molecule has 4 nitrogen and oxygen atoms in total. The van der Waals surface area contributed by atoms with Gasteiger partial charge in [-0.15, -0.1) is 0 Å². The highest BCUT2D eigenvalue weighted by Gasteiger charge is 2.18. The molecule has 0 fully saturated rings. The van der Waals surface area contributed by atoms with Crippen LogP contribution >= 0.6 is 0 Å². The predicted octanol–water partition coefficient (Wildman–Crippen LogP) is 3.07. The summed E-state index contributed by atoms with van der Waals surface area (Å²) in [5, 5.41) is 11.7. The second kappa shape index (κ2) is 5.74. The van der Waals surface area contributed by atoms with Crippen LogP contribution in [0.5, 0.6) is 11.5 Å². The van der Waals surface area contributed by atoms with Gasteiger partial charge in [0.25, 0.3) is 5.91 Å². The molecule has 21 heavy (non-hydrogen) atoms. The standard InChI is InChI=1S/C14H10F3NO3/c1-21-7-2-5-11(19)8(6-7)14(20)18-10-4-3-9(15)12(16)13(10)17/h2-6,19H,1H3,(H,18,20). The van der Waals surface area contributed by atoms with E-state index in [2.05, 4.69) is 5.32 Å². The molecule has 2 N–H and O–H groups in total. The minimum Gasteiger partial charge on any atom is -0.507 e. The number of rotatable bonds is 3. The lowest BCUT2D eigenvalue weighted by molar-refractivity contribution is 0.102. The fourth-order valence-electron chi connectivity index (χ4n) is 1.64. The highest BCUT2D eigenvalue weighted by Crippen LogP contribution is 2.25. The second-order valence-corrected chi connectivity index (χ2v) is 4.06. The summed E-state index contributed by atoms with van der Waals surface area (Å²) in [5.41, 5.74) is -0.736. The Labute approximate surface area is 117 Å². The van der Waals surface area contributed by atoms with Crippen LogP contribution in [0.1, 0.15) is 10.4 Å². The van der Waals surface area contributed by atoms with Gasteiger partial charge in [-0.25, -0.2) is 13.2 Å². The van der Waals surface area contributed by atoms with Gasteiger partial charge in [-0.2, -0.15) is 0 Å². The van der Waals surface area contributed by atoms with Crippen molar-refractivity contribution in [3.05, 3.63) is 53.3 Å². The molecule has 2 aromatic rings. The van der Waals surface area contributed by atoms with Crippen LogP contribution in [0.25, 0.3) is 0 Å². The van der Waals surface area contributed by atoms with Crippen molar-refractivity contribution in [3.63, 3.8) is 0 Å². The molecule has 0 aliphatic rings. The van der Waals surface area contributed by atoms with Crippen molar-refractivity contribution in [3.8, 4) is 11.5 Å². The van der Waals surface area contributed by atoms with E-state index in [1.165, 1.54) is 25.3 Å². The first kappa shape index (κ1) is 14.7. The maximum atomic E-state index is 13.5. The quantitative estimate of drug-likeness (QED) is 0.856. The van der Waals surface area contributed by atoms with Gasteiger partial charge in [0.15, 0.2) is 17.5 Å². The monoisotopic (exact) mass is 297 g/mol. The molecule has 1 amide bonds. The number of hydrogen-bond donors (Lipinski definition) is 2. The number of ether oxygens (including phenoxy) is 1. The largest absolute Gasteiger partial charge is 0.507 e. The summed E-state index contributed by atoms with van der Waals surface area (Å²) >= 11 is 0. The molecule has 0 unspecified atom stereocenters. The van der Waals surface area contributed by atoms with Gasteiger partial charge in [0.05, 0.1) is 18.4 Å². The summed E-state index contributed by atoms with van der Waals surface area (Å²) in [7, 11) is 1.36. The number of methoxy groups -OCH3 is 1. The van der Waals surface area contributed by atoms with E-state index in [-0.39, 0.29) is 11.3 Å². The van der Waals surface area contributed by atoms with Crippen LogP contribution in [-0.2, 0) is 0 Å². The summed E-state index contributed by atoms with van der Waals surface area (Å²) in [6, 6.07) is 5.42. The first-order valence-electron chi connectivity index (χ1n) is 5.76. The van der Waals surface area contributed by atoms with Gasteiger partial charge in [-0.1, -0.05) is 0 Å². The Kier molecular flexibility index (Phi) is 4.02. The number of benzene rings is 2. The topological polar surface area (TPSA) is 58.6 Å². The molecular weight excluding hydrogens is 287 g/mol. The summed E-state index contributed by atoms with van der Waals surface area (Å²) in [4.78, 5) is 11.9. The summed E-state index contributed by atoms with van der Waals surface area (Å²) < 4.78 is 44.2. The van der Waals surface area contributed by atoms with Crippen molar-refractivity contribution in [2.24, 2.45) is 0 Å². The van der Waals surface area contributed by atoms with Gasteiger partial charge in [0, 0.05) is 0 Å². The molecular formula is C14H10F3NO3. The molecule has 0 spiro atoms. The molecule has 0 saturated carbocycles. The van der Waals surface area contributed by atoms with Gasteiger partial charge >= 0.3 is 0 Å². The number of anilines is 1. The van der Waals surface area contributed by atoms with Crippen LogP contribution < -0.4 is 10.1 Å². The first-order valence-corrected chi connectivity index (χ1v) is 5.76. The fraction of sp³-hybridized carbons (Fsp3) is 0.0714. The Hall–Kier alpha value is -2.70. The Morgan fingerprint density at radius 2 is 1.86 bits per heavy atom. The number of nitrogens with one attached hydrogen (secondary N) is 1. The zero-order valence-electron chi connectivity index (χ0n) is 10.8. The van der Waals surface area contributed by atoms with E-state index in [0.717, 1.165) is 6.07 Å². The molecule has 110 valence electrons. The van der Waals surface area contributed by atoms with Crippen molar-refractivity contribution in [1.29, 1.82) is 0 Å². The Morgan fingerprint density at radius 1 is 1.14 bits per heavy atom. The highest BCUT2D eigenvalue weighted by molar-refractivity contribution is 6.06. The summed E-state index contributed by atoms with van der Waals surface area (Å²) in [6.45, 7) is 0. The average molecular weight is 297 g/mol. The normalized spacial score (nSPS) is 10.3. The van der Waals surface area contributed by atoms with Crippen molar-refractivity contribution in [2.75, 3.05) is 12.4 Å². The first-order chi connectivity index (χ1) is 9.93. The van der Waals surface area contributed by atoms with Crippen molar-refractivity contribution in [2.45, 2.75) is 0 Å². The zero-order valence-corrected chi connectivity index (χ0v) is 10.8. The van der Waals surface area contributed by atoms with Crippen molar-refractivity contribution in [1.82, 2.24) is 0 Å². The lowest BCUT2D eigenvalue weighted by Crippen LogP contribution is -2.14. The molecule has 0 radical (unpaired) electrons. The SMILES string of the molecule is COc1ccc(O)c(C(=O)Nc2ccc(F)c(F)c2F)c1. The van der Waals surface area contributed by atoms with Crippen LogP contribution in [0, 0.1) is 17.5 Å². The molecule has 0 atom stereocenters. The average Bonchev–Trinajstić information content (AvgIpc) is 2.48. The number of aromatic hydroxyl groups is 1. The molecule has 7 heteroatoms. The molecule has 2 rings (SSSR count). The molecule has 0 aromatic heterocycles. The maximum absolute atomic E-state index is 13.5. The van der Waals surface area contributed by atoms with E-state index in [0.29, 0.717) is 11.8 Å². The van der Waals surface area contributed by atoms with Gasteiger partial charge in [0.1, 0.15) is 11.5 Å². The maximum Gasteiger partial charge on any atom is 0.259 e. The van der Waals surface area contributed by atoms with Crippen LogP contribution in [0.3, 0.4) is 0 Å². The Balaban J connectivity index is 2.32. The minimum atomic E-state index is -1.69. The molecule has 0 aliphatic carbocycles. The Bertz CT molecular complexity index is 704. The lowest BCUT2D eigenvalue weighted by atomic mass is 10.1. The molecule has 0 saturated heterocycles. The third kappa shape index (κ3) is 2.91. The molecule has 0 bridgehead atoms. The highest BCUT2D eigenvalue weighted by atomic mass is 19.2. The van der Waals surface area contributed by atoms with Crippen LogP contribution in [0.2, 0.25) is 0 Å². The second-order valence-electron chi connectivity index (χ2n) is 4.06. The third-order valence-corrected chi connectivity index (χ3v) is 2.73. The molecule has 0 aliphatic heterocycles. The van der Waals surface area contributed by atoms with E-state index in [9.17, 15) is 23.1 Å². The smallest absolute Gasteiger partial charge is 0.259 e. The van der Waals surface area contributed by atoms with Gasteiger partial charge < -0.3 is 15.2 Å². The fourth-order valence-corrected chi connectivity index (χ4v) is 1.64. The van der Waals surface area contributed by atoms with Gasteiger partial charge in [-0.05, 0) is 30.3 Å². The van der Waals surface area contributed by atoms with Crippen LogP contribution in [0.15, 0.2) is 30.3 Å². The van der Waals surface area contributed by atoms with E-state index >= 15 is 0 Å². The lowest BCUT2D eigenvalue weighted by Gasteiger charge is -2.09. The van der Waals surface area contributed by atoms with Crippen LogP contribution in [-0.4, -0.2) is 18.1 Å². The van der Waals surface area contributed by atoms with Gasteiger partial charge in [0.2, 0.25) is 0 Å². The van der Waals surface area contributed by atoms with Crippen LogP contribution in [0.4, 0.5) is 18.9 Å². The molecule has 2 aromatic carbocycles. The number of carbonyl (C=O) groups is 1. The number of hydrogen-bond acceptors (Lipinski definition) is 3. The van der Waals surface area contributed by atoms with E-state index in [1.807, 2.05) is 0 Å². The number of phenols is 1. The minimum absolute atomic E-state index is 0.196.